The van der Waals surface area contributed by atoms with Crippen molar-refractivity contribution in [1.29, 1.82) is 0 Å². The molecule has 1 unspecified atom stereocenters. The molecule has 0 fully saturated rings. The minimum Gasteiger partial charge on any atom is -0.479 e. The Kier molecular flexibility index (Phi) is 3.52. The maximum Gasteiger partial charge on any atom is 0.418 e. The number of pyridine rings is 1. The van der Waals surface area contributed by atoms with E-state index in [0.29, 0.717) is 0 Å². The summed E-state index contributed by atoms with van der Waals surface area (Å²) in [6.45, 7) is 1.29. The van der Waals surface area contributed by atoms with Crippen molar-refractivity contribution in [2.75, 3.05) is 0 Å². The van der Waals surface area contributed by atoms with E-state index >= 15 is 0 Å². The van der Waals surface area contributed by atoms with Gasteiger partial charge in [-0.15, -0.1) is 0 Å². The Hall–Kier alpha value is -2.31. The van der Waals surface area contributed by atoms with Gasteiger partial charge < -0.3 is 9.84 Å². The van der Waals surface area contributed by atoms with Crippen LogP contribution in [-0.4, -0.2) is 22.2 Å². The van der Waals surface area contributed by atoms with E-state index in [1.54, 1.807) is 0 Å². The van der Waals surface area contributed by atoms with Crippen LogP contribution in [0, 0.1) is 0 Å². The number of fused-ring (bicyclic) bond motifs is 1. The van der Waals surface area contributed by atoms with Crippen LogP contribution in [0.2, 0.25) is 0 Å². The molecule has 7 heteroatoms. The Morgan fingerprint density at radius 1 is 1.35 bits per heavy atom. The third kappa shape index (κ3) is 2.66. The lowest BCUT2D eigenvalue weighted by Gasteiger charge is -2.14. The first kappa shape index (κ1) is 14.1. The fourth-order valence-corrected chi connectivity index (χ4v) is 1.72. The molecule has 0 amide bonds. The number of carbonyl (C=O) groups is 1. The molecule has 20 heavy (non-hydrogen) atoms. The SMILES string of the molecule is CC(Oc1ccnc2c(C(F)(F)F)cccc12)C(=O)O. The van der Waals surface area contributed by atoms with Crippen molar-refractivity contribution >= 4 is 16.9 Å². The first-order valence-electron chi connectivity index (χ1n) is 5.65. The topological polar surface area (TPSA) is 59.4 Å². The van der Waals surface area contributed by atoms with Crippen LogP contribution in [0.3, 0.4) is 0 Å². The minimum absolute atomic E-state index is 0.0519. The Morgan fingerprint density at radius 3 is 2.65 bits per heavy atom. The van der Waals surface area contributed by atoms with Crippen molar-refractivity contribution in [3.63, 3.8) is 0 Å². The third-order valence-electron chi connectivity index (χ3n) is 2.69. The highest BCUT2D eigenvalue weighted by atomic mass is 19.4. The molecule has 0 aliphatic rings. The summed E-state index contributed by atoms with van der Waals surface area (Å²) >= 11 is 0. The molecule has 1 aromatic heterocycles. The molecule has 0 radical (unpaired) electrons. The number of alkyl halides is 3. The number of hydrogen-bond donors (Lipinski definition) is 1. The van der Waals surface area contributed by atoms with Crippen LogP contribution in [0.15, 0.2) is 30.5 Å². The first-order valence-corrected chi connectivity index (χ1v) is 5.65. The number of hydrogen-bond acceptors (Lipinski definition) is 3. The van der Waals surface area contributed by atoms with Gasteiger partial charge in [0.2, 0.25) is 0 Å². The fraction of sp³-hybridized carbons (Fsp3) is 0.231. The van der Waals surface area contributed by atoms with Crippen molar-refractivity contribution in [2.24, 2.45) is 0 Å². The average Bonchev–Trinajstić information content (AvgIpc) is 2.37. The standard InChI is InChI=1S/C13H10F3NO3/c1-7(12(18)19)20-10-5-6-17-11-8(10)3-2-4-9(11)13(14,15)16/h2-7H,1H3,(H,18,19). The maximum atomic E-state index is 12.9. The second-order valence-electron chi connectivity index (χ2n) is 4.11. The van der Waals surface area contributed by atoms with Gasteiger partial charge in [0.1, 0.15) is 5.75 Å². The fourth-order valence-electron chi connectivity index (χ4n) is 1.72. The highest BCUT2D eigenvalue weighted by molar-refractivity contribution is 5.88. The number of nitrogens with zero attached hydrogens (tertiary/aromatic N) is 1. The number of aromatic nitrogens is 1. The van der Waals surface area contributed by atoms with Gasteiger partial charge in [-0.3, -0.25) is 4.98 Å². The molecule has 0 aliphatic heterocycles. The van der Waals surface area contributed by atoms with Crippen LogP contribution in [0.1, 0.15) is 12.5 Å². The summed E-state index contributed by atoms with van der Waals surface area (Å²) in [6.07, 6.45) is -4.56. The number of carboxylic acids is 1. The lowest BCUT2D eigenvalue weighted by Crippen LogP contribution is -2.23. The van der Waals surface area contributed by atoms with Gasteiger partial charge in [0, 0.05) is 11.6 Å². The summed E-state index contributed by atoms with van der Waals surface area (Å²) in [4.78, 5) is 14.5. The van der Waals surface area contributed by atoms with Crippen LogP contribution >= 0.6 is 0 Å². The zero-order valence-electron chi connectivity index (χ0n) is 10.3. The van der Waals surface area contributed by atoms with Gasteiger partial charge in [-0.25, -0.2) is 4.79 Å². The molecule has 106 valence electrons. The van der Waals surface area contributed by atoms with Crippen LogP contribution < -0.4 is 4.74 Å². The molecule has 0 spiro atoms. The zero-order chi connectivity index (χ0) is 14.9. The molecule has 0 saturated heterocycles. The second kappa shape index (κ2) is 4.99. The van der Waals surface area contributed by atoms with Crippen molar-refractivity contribution in [1.82, 2.24) is 4.98 Å². The first-order chi connectivity index (χ1) is 9.30. The normalized spacial score (nSPS) is 13.2. The average molecular weight is 285 g/mol. The van der Waals surface area contributed by atoms with Crippen molar-refractivity contribution in [3.8, 4) is 5.75 Å². The molecular weight excluding hydrogens is 275 g/mol. The van der Waals surface area contributed by atoms with Crippen molar-refractivity contribution in [3.05, 3.63) is 36.0 Å². The molecule has 4 nitrogen and oxygen atoms in total. The van der Waals surface area contributed by atoms with Crippen molar-refractivity contribution < 1.29 is 27.8 Å². The Morgan fingerprint density at radius 2 is 2.05 bits per heavy atom. The predicted octanol–water partition coefficient (Wildman–Crippen LogP) is 3.11. The van der Waals surface area contributed by atoms with E-state index in [0.717, 1.165) is 12.3 Å². The lowest BCUT2D eigenvalue weighted by molar-refractivity contribution is -0.144. The lowest BCUT2D eigenvalue weighted by atomic mass is 10.1. The Bertz CT molecular complexity index is 655. The van der Waals surface area contributed by atoms with Gasteiger partial charge >= 0.3 is 12.1 Å². The molecular formula is C13H10F3NO3. The summed E-state index contributed by atoms with van der Waals surface area (Å²) in [5.74, 6) is -1.15. The van der Waals surface area contributed by atoms with E-state index in [1.165, 1.54) is 25.1 Å². The van der Waals surface area contributed by atoms with E-state index in [9.17, 15) is 18.0 Å². The summed E-state index contributed by atoms with van der Waals surface area (Å²) in [7, 11) is 0. The van der Waals surface area contributed by atoms with E-state index in [4.69, 9.17) is 9.84 Å². The number of rotatable bonds is 3. The smallest absolute Gasteiger partial charge is 0.418 e. The quantitative estimate of drug-likeness (QED) is 0.941. The number of ether oxygens (including phenoxy) is 1. The van der Waals surface area contributed by atoms with Gasteiger partial charge in [-0.2, -0.15) is 13.2 Å². The van der Waals surface area contributed by atoms with Gasteiger partial charge in [0.05, 0.1) is 11.1 Å². The molecule has 1 aromatic carbocycles. The number of benzene rings is 1. The monoisotopic (exact) mass is 285 g/mol. The molecule has 1 atom stereocenters. The Balaban J connectivity index is 2.57. The molecule has 1 N–H and O–H groups in total. The van der Waals surface area contributed by atoms with Gasteiger partial charge in [0.25, 0.3) is 0 Å². The number of para-hydroxylation sites is 1. The van der Waals surface area contributed by atoms with E-state index in [-0.39, 0.29) is 16.7 Å². The van der Waals surface area contributed by atoms with Gasteiger partial charge in [-0.05, 0) is 25.1 Å². The van der Waals surface area contributed by atoms with Crippen molar-refractivity contribution in [2.45, 2.75) is 19.2 Å². The summed E-state index contributed by atoms with van der Waals surface area (Å²) in [5.41, 5.74) is -1.15. The maximum absolute atomic E-state index is 12.9. The van der Waals surface area contributed by atoms with Gasteiger partial charge in [-0.1, -0.05) is 6.07 Å². The summed E-state index contributed by atoms with van der Waals surface area (Å²) < 4.78 is 43.7. The van der Waals surface area contributed by atoms with Crippen LogP contribution in [0.5, 0.6) is 5.75 Å². The molecule has 1 heterocycles. The van der Waals surface area contributed by atoms with Crippen LogP contribution in [-0.2, 0) is 11.0 Å². The molecule has 0 saturated carbocycles. The zero-order valence-corrected chi connectivity index (χ0v) is 10.3. The number of halogens is 3. The third-order valence-corrected chi connectivity index (χ3v) is 2.69. The largest absolute Gasteiger partial charge is 0.479 e. The van der Waals surface area contributed by atoms with E-state index in [1.807, 2.05) is 0 Å². The van der Waals surface area contributed by atoms with Gasteiger partial charge in [0.15, 0.2) is 6.10 Å². The molecule has 2 rings (SSSR count). The summed E-state index contributed by atoms with van der Waals surface area (Å²) in [5, 5.41) is 8.90. The van der Waals surface area contributed by atoms with Crippen LogP contribution in [0.4, 0.5) is 13.2 Å². The minimum atomic E-state index is -4.54. The molecule has 2 aromatic rings. The summed E-state index contributed by atoms with van der Waals surface area (Å²) in [6, 6.07) is 4.88. The second-order valence-corrected chi connectivity index (χ2v) is 4.11. The highest BCUT2D eigenvalue weighted by Gasteiger charge is 2.33. The Labute approximate surface area is 111 Å². The molecule has 0 aliphatic carbocycles. The number of carboxylic acid groups (broad SMARTS) is 1. The number of aliphatic carboxylic acids is 1. The van der Waals surface area contributed by atoms with Crippen LogP contribution in [0.25, 0.3) is 10.9 Å². The van der Waals surface area contributed by atoms with E-state index < -0.39 is 23.8 Å². The molecule has 0 bridgehead atoms. The van der Waals surface area contributed by atoms with E-state index in [2.05, 4.69) is 4.98 Å². The predicted molar refractivity (Wildman–Crippen MR) is 64.5 cm³/mol. The highest BCUT2D eigenvalue weighted by Crippen LogP contribution is 2.36.